The van der Waals surface area contributed by atoms with Crippen LogP contribution in [0.1, 0.15) is 46.2 Å². The number of carbonyl (C=O) groups is 1. The number of amides is 1. The molecule has 1 aliphatic carbocycles. The van der Waals surface area contributed by atoms with E-state index in [2.05, 4.69) is 27.7 Å². The molecule has 2 heterocycles. The van der Waals surface area contributed by atoms with Gasteiger partial charge in [-0.3, -0.25) is 9.48 Å². The molecule has 2 aromatic carbocycles. The summed E-state index contributed by atoms with van der Waals surface area (Å²) in [6, 6.07) is 19.3. The molecule has 0 saturated heterocycles. The molecule has 7 nitrogen and oxygen atoms in total. The van der Waals surface area contributed by atoms with Crippen molar-refractivity contribution in [3.63, 3.8) is 0 Å². The van der Waals surface area contributed by atoms with Crippen LogP contribution in [0.3, 0.4) is 0 Å². The van der Waals surface area contributed by atoms with Gasteiger partial charge in [0.25, 0.3) is 5.91 Å². The van der Waals surface area contributed by atoms with E-state index in [0.29, 0.717) is 5.76 Å². The van der Waals surface area contributed by atoms with Gasteiger partial charge in [0.05, 0.1) is 25.9 Å². The Bertz CT molecular complexity index is 1210. The molecule has 0 aliphatic heterocycles. The lowest BCUT2D eigenvalue weighted by atomic mass is 9.92. The molecule has 0 bridgehead atoms. The Morgan fingerprint density at radius 1 is 1.19 bits per heavy atom. The van der Waals surface area contributed by atoms with Gasteiger partial charge < -0.3 is 14.6 Å². The summed E-state index contributed by atoms with van der Waals surface area (Å²) in [5.41, 5.74) is 4.57. The van der Waals surface area contributed by atoms with Crippen LogP contribution in [-0.4, -0.2) is 28.0 Å². The number of nitrogens with one attached hydrogen (secondary N) is 1. The molecule has 2 aromatic heterocycles. The monoisotopic (exact) mass is 428 g/mol. The quantitative estimate of drug-likeness (QED) is 0.492. The number of ether oxygens (including phenoxy) is 1. The zero-order valence-electron chi connectivity index (χ0n) is 17.8. The van der Waals surface area contributed by atoms with Crippen molar-refractivity contribution in [2.75, 3.05) is 7.11 Å². The van der Waals surface area contributed by atoms with Crippen LogP contribution in [-0.2, 0) is 13.0 Å². The van der Waals surface area contributed by atoms with Crippen LogP contribution in [0, 0.1) is 0 Å². The standard InChI is InChI=1S/C25H24N4O3/c1-31-19-12-10-18(11-13-19)24-14-22(28-32-24)25(30)27-21-8-5-9-23-20(21)15-26-29(23)16-17-6-3-2-4-7-17/h2-4,6-7,10-15,21H,5,8-9,16H2,1H3,(H,27,30)/t21-/m0/s1. The van der Waals surface area contributed by atoms with Crippen molar-refractivity contribution in [2.24, 2.45) is 0 Å². The van der Waals surface area contributed by atoms with E-state index < -0.39 is 0 Å². The number of carbonyl (C=O) groups excluding carboxylic acids is 1. The fourth-order valence-electron chi connectivity index (χ4n) is 4.17. The van der Waals surface area contributed by atoms with E-state index in [1.54, 1.807) is 13.2 Å². The third-order valence-electron chi connectivity index (χ3n) is 5.86. The Morgan fingerprint density at radius 3 is 2.78 bits per heavy atom. The van der Waals surface area contributed by atoms with Crippen molar-refractivity contribution >= 4 is 5.91 Å². The summed E-state index contributed by atoms with van der Waals surface area (Å²) in [4.78, 5) is 12.9. The van der Waals surface area contributed by atoms with Crippen LogP contribution in [0.5, 0.6) is 5.75 Å². The summed E-state index contributed by atoms with van der Waals surface area (Å²) in [6.07, 6.45) is 4.71. The van der Waals surface area contributed by atoms with Gasteiger partial charge in [-0.15, -0.1) is 0 Å². The normalized spacial score (nSPS) is 15.2. The summed E-state index contributed by atoms with van der Waals surface area (Å²) in [7, 11) is 1.62. The molecule has 7 heteroatoms. The molecule has 1 atom stereocenters. The van der Waals surface area contributed by atoms with E-state index in [-0.39, 0.29) is 17.6 Å². The van der Waals surface area contributed by atoms with Gasteiger partial charge in [-0.05, 0) is 49.1 Å². The number of benzene rings is 2. The number of rotatable bonds is 6. The smallest absolute Gasteiger partial charge is 0.273 e. The topological polar surface area (TPSA) is 82.2 Å². The fraction of sp³-hybridized carbons (Fsp3) is 0.240. The van der Waals surface area contributed by atoms with Crippen LogP contribution >= 0.6 is 0 Å². The first kappa shape index (κ1) is 20.1. The number of nitrogens with zero attached hydrogens (tertiary/aromatic N) is 3. The van der Waals surface area contributed by atoms with Gasteiger partial charge in [0, 0.05) is 22.9 Å². The molecule has 0 fully saturated rings. The van der Waals surface area contributed by atoms with Crippen molar-refractivity contribution in [3.8, 4) is 17.1 Å². The van der Waals surface area contributed by atoms with Gasteiger partial charge in [-0.2, -0.15) is 5.10 Å². The third-order valence-corrected chi connectivity index (χ3v) is 5.86. The second-order valence-electron chi connectivity index (χ2n) is 7.91. The lowest BCUT2D eigenvalue weighted by Crippen LogP contribution is -2.31. The predicted molar refractivity (Wildman–Crippen MR) is 119 cm³/mol. The van der Waals surface area contributed by atoms with E-state index in [0.717, 1.165) is 42.7 Å². The SMILES string of the molecule is COc1ccc(-c2cc(C(=O)N[C@H]3CCCc4c3cnn4Cc3ccccc3)no2)cc1. The lowest BCUT2D eigenvalue weighted by Gasteiger charge is -2.24. The highest BCUT2D eigenvalue weighted by Gasteiger charge is 2.27. The van der Waals surface area contributed by atoms with Gasteiger partial charge in [-0.25, -0.2) is 0 Å². The Hall–Kier alpha value is -3.87. The Balaban J connectivity index is 1.30. The molecule has 1 N–H and O–H groups in total. The number of methoxy groups -OCH3 is 1. The van der Waals surface area contributed by atoms with E-state index >= 15 is 0 Å². The minimum atomic E-state index is -0.248. The van der Waals surface area contributed by atoms with Crippen molar-refractivity contribution < 1.29 is 14.1 Å². The molecule has 162 valence electrons. The minimum Gasteiger partial charge on any atom is -0.497 e. The highest BCUT2D eigenvalue weighted by Crippen LogP contribution is 2.30. The van der Waals surface area contributed by atoms with Gasteiger partial charge in [0.1, 0.15) is 5.75 Å². The fourth-order valence-corrected chi connectivity index (χ4v) is 4.17. The maximum absolute atomic E-state index is 12.9. The zero-order valence-corrected chi connectivity index (χ0v) is 17.8. The van der Waals surface area contributed by atoms with Crippen LogP contribution < -0.4 is 10.1 Å². The summed E-state index contributed by atoms with van der Waals surface area (Å²) in [6.45, 7) is 0.728. The second-order valence-corrected chi connectivity index (χ2v) is 7.91. The molecule has 1 aliphatic rings. The van der Waals surface area contributed by atoms with E-state index in [9.17, 15) is 4.79 Å². The summed E-state index contributed by atoms with van der Waals surface area (Å²) in [5, 5.41) is 11.7. The third kappa shape index (κ3) is 4.01. The van der Waals surface area contributed by atoms with E-state index in [1.807, 2.05) is 53.3 Å². The van der Waals surface area contributed by atoms with Crippen LogP contribution in [0.2, 0.25) is 0 Å². The molecule has 32 heavy (non-hydrogen) atoms. The Kier molecular flexibility index (Phi) is 5.46. The van der Waals surface area contributed by atoms with Crippen molar-refractivity contribution in [2.45, 2.75) is 31.8 Å². The maximum atomic E-state index is 12.9. The second kappa shape index (κ2) is 8.70. The van der Waals surface area contributed by atoms with Crippen molar-refractivity contribution in [1.29, 1.82) is 0 Å². The number of hydrogen-bond acceptors (Lipinski definition) is 5. The highest BCUT2D eigenvalue weighted by atomic mass is 16.5. The number of aromatic nitrogens is 3. The first-order chi connectivity index (χ1) is 15.7. The highest BCUT2D eigenvalue weighted by molar-refractivity contribution is 5.93. The van der Waals surface area contributed by atoms with Crippen molar-refractivity contribution in [3.05, 3.63) is 89.4 Å². The zero-order chi connectivity index (χ0) is 21.9. The molecular formula is C25H24N4O3. The summed E-state index contributed by atoms with van der Waals surface area (Å²) in [5.74, 6) is 1.05. The maximum Gasteiger partial charge on any atom is 0.273 e. The number of fused-ring (bicyclic) bond motifs is 1. The predicted octanol–water partition coefficient (Wildman–Crippen LogP) is 4.40. The average Bonchev–Trinajstić information content (AvgIpc) is 3.49. The minimum absolute atomic E-state index is 0.0862. The van der Waals surface area contributed by atoms with Gasteiger partial charge in [0.15, 0.2) is 11.5 Å². The molecule has 0 unspecified atom stereocenters. The Morgan fingerprint density at radius 2 is 2.00 bits per heavy atom. The van der Waals surface area contributed by atoms with Crippen LogP contribution in [0.25, 0.3) is 11.3 Å². The lowest BCUT2D eigenvalue weighted by molar-refractivity contribution is 0.0923. The first-order valence-corrected chi connectivity index (χ1v) is 10.7. The largest absolute Gasteiger partial charge is 0.497 e. The van der Waals surface area contributed by atoms with E-state index in [4.69, 9.17) is 9.26 Å². The summed E-state index contributed by atoms with van der Waals surface area (Å²) >= 11 is 0. The van der Waals surface area contributed by atoms with Gasteiger partial charge >= 0.3 is 0 Å². The number of hydrogen-bond donors (Lipinski definition) is 1. The molecule has 5 rings (SSSR count). The Labute approximate surface area is 186 Å². The van der Waals surface area contributed by atoms with Gasteiger partial charge in [0.2, 0.25) is 0 Å². The molecule has 0 saturated carbocycles. The van der Waals surface area contributed by atoms with E-state index in [1.165, 1.54) is 11.3 Å². The molecule has 0 radical (unpaired) electrons. The average molecular weight is 428 g/mol. The van der Waals surface area contributed by atoms with Crippen LogP contribution in [0.4, 0.5) is 0 Å². The molecule has 0 spiro atoms. The first-order valence-electron chi connectivity index (χ1n) is 10.7. The molecule has 4 aromatic rings. The van der Waals surface area contributed by atoms with Gasteiger partial charge in [-0.1, -0.05) is 35.5 Å². The molecule has 1 amide bonds. The summed E-state index contributed by atoms with van der Waals surface area (Å²) < 4.78 is 12.6. The molecular weight excluding hydrogens is 404 g/mol. The van der Waals surface area contributed by atoms with Crippen molar-refractivity contribution in [1.82, 2.24) is 20.3 Å². The van der Waals surface area contributed by atoms with Crippen LogP contribution in [0.15, 0.2) is 71.4 Å².